The van der Waals surface area contributed by atoms with Gasteiger partial charge in [0.15, 0.2) is 0 Å². The molecule has 0 saturated carbocycles. The predicted molar refractivity (Wildman–Crippen MR) is 70.0 cm³/mol. The minimum absolute atomic E-state index is 0.0138. The second-order valence-corrected chi connectivity index (χ2v) is 4.65. The molecule has 1 saturated heterocycles. The Hall–Kier alpha value is -2.38. The molecule has 2 heterocycles. The number of pyridine rings is 1. The van der Waals surface area contributed by atoms with E-state index in [1.165, 1.54) is 19.2 Å². The second-order valence-electron chi connectivity index (χ2n) is 4.65. The quantitative estimate of drug-likeness (QED) is 0.640. The van der Waals surface area contributed by atoms with Crippen LogP contribution in [0.3, 0.4) is 0 Å². The third-order valence-electron chi connectivity index (χ3n) is 3.28. The van der Waals surface area contributed by atoms with E-state index in [0.717, 1.165) is 0 Å². The van der Waals surface area contributed by atoms with Crippen molar-refractivity contribution in [1.82, 2.24) is 4.98 Å². The molecule has 1 N–H and O–H groups in total. The number of nitrogens with zero attached hydrogens (tertiary/aromatic N) is 3. The normalized spacial score (nSPS) is 18.1. The first-order valence-electron chi connectivity index (χ1n) is 6.17. The Balaban J connectivity index is 2.23. The van der Waals surface area contributed by atoms with Gasteiger partial charge >= 0.3 is 11.7 Å². The van der Waals surface area contributed by atoms with Gasteiger partial charge in [-0.3, -0.25) is 14.9 Å². The third kappa shape index (κ3) is 2.95. The highest BCUT2D eigenvalue weighted by Gasteiger charge is 2.30. The highest BCUT2D eigenvalue weighted by molar-refractivity contribution is 5.67. The van der Waals surface area contributed by atoms with Crippen molar-refractivity contribution in [3.8, 4) is 5.88 Å². The van der Waals surface area contributed by atoms with Crippen LogP contribution in [0.2, 0.25) is 0 Å². The Bertz CT molecular complexity index is 534. The molecule has 0 aliphatic carbocycles. The fourth-order valence-corrected chi connectivity index (χ4v) is 2.35. The molecule has 0 bridgehead atoms. The van der Waals surface area contributed by atoms with E-state index in [1.807, 2.05) is 0 Å². The Morgan fingerprint density at radius 1 is 1.65 bits per heavy atom. The van der Waals surface area contributed by atoms with Crippen molar-refractivity contribution in [3.05, 3.63) is 22.2 Å². The fraction of sp³-hybridized carbons (Fsp3) is 0.500. The molecule has 1 aliphatic rings. The molecule has 1 aromatic rings. The molecule has 1 aromatic heterocycles. The van der Waals surface area contributed by atoms with Crippen molar-refractivity contribution in [2.24, 2.45) is 5.92 Å². The largest absolute Gasteiger partial charge is 0.481 e. The maximum absolute atomic E-state index is 11.0. The van der Waals surface area contributed by atoms with Gasteiger partial charge in [0, 0.05) is 31.6 Å². The van der Waals surface area contributed by atoms with Crippen molar-refractivity contribution in [2.45, 2.75) is 12.8 Å². The second kappa shape index (κ2) is 5.72. The van der Waals surface area contributed by atoms with Gasteiger partial charge in [-0.1, -0.05) is 0 Å². The van der Waals surface area contributed by atoms with E-state index in [4.69, 9.17) is 9.84 Å². The lowest BCUT2D eigenvalue weighted by atomic mass is 10.1. The molecule has 2 rings (SSSR count). The number of methoxy groups -OCH3 is 1. The number of aromatic nitrogens is 1. The number of rotatable bonds is 5. The number of nitro groups is 1. The molecule has 108 valence electrons. The topological polar surface area (TPSA) is 106 Å². The Kier molecular flexibility index (Phi) is 4.02. The van der Waals surface area contributed by atoms with E-state index >= 15 is 0 Å². The van der Waals surface area contributed by atoms with Crippen LogP contribution in [-0.2, 0) is 4.79 Å². The monoisotopic (exact) mass is 281 g/mol. The van der Waals surface area contributed by atoms with Crippen LogP contribution in [0.25, 0.3) is 0 Å². The van der Waals surface area contributed by atoms with Gasteiger partial charge in [0.2, 0.25) is 11.7 Å². The van der Waals surface area contributed by atoms with Gasteiger partial charge in [0.1, 0.15) is 0 Å². The van der Waals surface area contributed by atoms with E-state index in [2.05, 4.69) is 4.98 Å². The number of carbonyl (C=O) groups is 1. The van der Waals surface area contributed by atoms with Crippen LogP contribution in [-0.4, -0.2) is 41.2 Å². The van der Waals surface area contributed by atoms with E-state index in [-0.39, 0.29) is 23.8 Å². The molecular weight excluding hydrogens is 266 g/mol. The van der Waals surface area contributed by atoms with Crippen molar-refractivity contribution < 1.29 is 19.6 Å². The van der Waals surface area contributed by atoms with Crippen molar-refractivity contribution in [3.63, 3.8) is 0 Å². The first kappa shape index (κ1) is 14.0. The fourth-order valence-electron chi connectivity index (χ4n) is 2.35. The van der Waals surface area contributed by atoms with Gasteiger partial charge < -0.3 is 14.7 Å². The highest BCUT2D eigenvalue weighted by Crippen LogP contribution is 2.32. The average molecular weight is 281 g/mol. The third-order valence-corrected chi connectivity index (χ3v) is 3.28. The number of anilines is 1. The standard InChI is InChI=1S/C12H15N3O5/c1-20-10-3-2-9(15(18)19)12(13-10)14-5-4-8(7-14)6-11(16)17/h2-3,8H,4-7H2,1H3,(H,16,17). The van der Waals surface area contributed by atoms with Crippen molar-refractivity contribution in [2.75, 3.05) is 25.1 Å². The number of aliphatic carboxylic acids is 1. The summed E-state index contributed by atoms with van der Waals surface area (Å²) in [6, 6.07) is 2.79. The van der Waals surface area contributed by atoms with Crippen molar-refractivity contribution >= 4 is 17.5 Å². The van der Waals surface area contributed by atoms with Gasteiger partial charge in [-0.25, -0.2) is 0 Å². The molecule has 0 spiro atoms. The molecular formula is C12H15N3O5. The van der Waals surface area contributed by atoms with Gasteiger partial charge in [-0.2, -0.15) is 4.98 Å². The SMILES string of the molecule is COc1ccc([N+](=O)[O-])c(N2CCC(CC(=O)O)C2)n1. The summed E-state index contributed by atoms with van der Waals surface area (Å²) in [7, 11) is 1.44. The van der Waals surface area contributed by atoms with E-state index in [0.29, 0.717) is 25.4 Å². The summed E-state index contributed by atoms with van der Waals surface area (Å²) >= 11 is 0. The summed E-state index contributed by atoms with van der Waals surface area (Å²) in [6.07, 6.45) is 0.747. The molecule has 8 nitrogen and oxygen atoms in total. The van der Waals surface area contributed by atoms with E-state index < -0.39 is 10.9 Å². The summed E-state index contributed by atoms with van der Waals surface area (Å²) in [5.74, 6) is -0.334. The molecule has 0 amide bonds. The van der Waals surface area contributed by atoms with Crippen LogP contribution >= 0.6 is 0 Å². The Morgan fingerprint density at radius 3 is 3.00 bits per heavy atom. The van der Waals surface area contributed by atoms with Crippen LogP contribution in [0.15, 0.2) is 12.1 Å². The average Bonchev–Trinajstić information content (AvgIpc) is 2.85. The summed E-state index contributed by atoms with van der Waals surface area (Å²) in [4.78, 5) is 27.1. The zero-order chi connectivity index (χ0) is 14.7. The molecule has 8 heteroatoms. The zero-order valence-electron chi connectivity index (χ0n) is 11.0. The number of carboxylic acids is 1. The number of hydrogen-bond acceptors (Lipinski definition) is 6. The number of carboxylic acid groups (broad SMARTS) is 1. The van der Waals surface area contributed by atoms with Gasteiger partial charge in [-0.15, -0.1) is 0 Å². The first-order valence-corrected chi connectivity index (χ1v) is 6.17. The van der Waals surface area contributed by atoms with Gasteiger partial charge in [0.05, 0.1) is 12.0 Å². The molecule has 0 radical (unpaired) electrons. The summed E-state index contributed by atoms with van der Waals surface area (Å²) in [6.45, 7) is 1.01. The molecule has 1 fully saturated rings. The van der Waals surface area contributed by atoms with E-state index in [9.17, 15) is 14.9 Å². The van der Waals surface area contributed by atoms with Gasteiger partial charge in [-0.05, 0) is 12.3 Å². The lowest BCUT2D eigenvalue weighted by Gasteiger charge is -2.17. The summed E-state index contributed by atoms with van der Waals surface area (Å²) in [5.41, 5.74) is -0.0956. The Morgan fingerprint density at radius 2 is 2.40 bits per heavy atom. The lowest BCUT2D eigenvalue weighted by molar-refractivity contribution is -0.384. The zero-order valence-corrected chi connectivity index (χ0v) is 11.0. The minimum Gasteiger partial charge on any atom is -0.481 e. The van der Waals surface area contributed by atoms with Crippen molar-refractivity contribution in [1.29, 1.82) is 0 Å². The van der Waals surface area contributed by atoms with Crippen LogP contribution in [0.5, 0.6) is 5.88 Å². The summed E-state index contributed by atoms with van der Waals surface area (Å²) < 4.78 is 4.99. The first-order chi connectivity index (χ1) is 9.51. The minimum atomic E-state index is -0.857. The Labute approximate surface area is 115 Å². The number of ether oxygens (including phenoxy) is 1. The smallest absolute Gasteiger partial charge is 0.311 e. The maximum Gasteiger partial charge on any atom is 0.311 e. The van der Waals surface area contributed by atoms with E-state index in [1.54, 1.807) is 4.90 Å². The molecule has 1 atom stereocenters. The predicted octanol–water partition coefficient (Wildman–Crippen LogP) is 1.30. The molecule has 0 aromatic carbocycles. The maximum atomic E-state index is 11.0. The van der Waals surface area contributed by atoms with Crippen LogP contribution < -0.4 is 9.64 Å². The van der Waals surface area contributed by atoms with Crippen LogP contribution in [0.4, 0.5) is 11.5 Å². The van der Waals surface area contributed by atoms with Crippen LogP contribution in [0, 0.1) is 16.0 Å². The lowest BCUT2D eigenvalue weighted by Crippen LogP contribution is -2.22. The number of hydrogen-bond donors (Lipinski definition) is 1. The van der Waals surface area contributed by atoms with Crippen LogP contribution in [0.1, 0.15) is 12.8 Å². The summed E-state index contributed by atoms with van der Waals surface area (Å²) in [5, 5.41) is 19.8. The highest BCUT2D eigenvalue weighted by atomic mass is 16.6. The van der Waals surface area contributed by atoms with Gasteiger partial charge in [0.25, 0.3) is 0 Å². The molecule has 1 unspecified atom stereocenters. The molecule has 20 heavy (non-hydrogen) atoms. The molecule has 1 aliphatic heterocycles.